The van der Waals surface area contributed by atoms with Gasteiger partial charge in [-0.05, 0) is 24.3 Å². The molecular weight excluding hydrogens is 346 g/mol. The van der Waals surface area contributed by atoms with Crippen molar-refractivity contribution in [1.82, 2.24) is 15.6 Å². The third kappa shape index (κ3) is 5.28. The van der Waals surface area contributed by atoms with E-state index in [1.165, 1.54) is 18.4 Å². The van der Waals surface area contributed by atoms with E-state index in [0.717, 1.165) is 11.3 Å². The number of benzene rings is 1. The third-order valence-electron chi connectivity index (χ3n) is 3.11. The zero-order chi connectivity index (χ0) is 18.2. The van der Waals surface area contributed by atoms with Crippen LogP contribution in [0.4, 0.5) is 0 Å². The molecule has 1 heterocycles. The first-order valence-electron chi connectivity index (χ1n) is 7.28. The van der Waals surface area contributed by atoms with Crippen molar-refractivity contribution >= 4 is 29.1 Å². The zero-order valence-electron chi connectivity index (χ0n) is 13.7. The van der Waals surface area contributed by atoms with E-state index in [9.17, 15) is 14.4 Å². The number of ether oxygens (including phenoxy) is 2. The first kappa shape index (κ1) is 18.4. The predicted octanol–water partition coefficient (Wildman–Crippen LogP) is 0.838. The van der Waals surface area contributed by atoms with Crippen molar-refractivity contribution in [2.24, 2.45) is 0 Å². The maximum absolute atomic E-state index is 11.9. The second-order valence-corrected chi connectivity index (χ2v) is 5.65. The monoisotopic (exact) mass is 363 g/mol. The molecule has 25 heavy (non-hydrogen) atoms. The molecule has 0 fully saturated rings. The summed E-state index contributed by atoms with van der Waals surface area (Å²) in [6.45, 7) is -0.656. The van der Waals surface area contributed by atoms with Crippen molar-refractivity contribution in [2.45, 2.75) is 0 Å². The standard InChI is InChI=1S/C16H17N3O5S/c1-17-13(20)7-18-14(21)8-24-16(22)12-9-25-15(19-12)10-3-5-11(23-2)6-4-10/h3-6,9H,7-8H2,1-2H3,(H,17,20)(H,18,21). The average molecular weight is 363 g/mol. The van der Waals surface area contributed by atoms with Crippen LogP contribution >= 0.6 is 11.3 Å². The fraction of sp³-hybridized carbons (Fsp3) is 0.250. The SMILES string of the molecule is CNC(=O)CNC(=O)COC(=O)c1csc(-c2ccc(OC)cc2)n1. The van der Waals surface area contributed by atoms with Crippen LogP contribution in [0, 0.1) is 0 Å². The molecule has 8 nitrogen and oxygen atoms in total. The molecule has 2 rings (SSSR count). The van der Waals surface area contributed by atoms with Gasteiger partial charge in [0.25, 0.3) is 5.91 Å². The van der Waals surface area contributed by atoms with E-state index in [2.05, 4.69) is 15.6 Å². The lowest BCUT2D eigenvalue weighted by atomic mass is 10.2. The Balaban J connectivity index is 1.89. The van der Waals surface area contributed by atoms with Crippen LogP contribution in [0.25, 0.3) is 10.6 Å². The number of hydrogen-bond acceptors (Lipinski definition) is 7. The number of nitrogens with zero attached hydrogens (tertiary/aromatic N) is 1. The van der Waals surface area contributed by atoms with Crippen LogP contribution in [0.3, 0.4) is 0 Å². The lowest BCUT2D eigenvalue weighted by Crippen LogP contribution is -2.37. The molecule has 0 aliphatic rings. The molecule has 0 saturated heterocycles. The lowest BCUT2D eigenvalue weighted by Gasteiger charge is -2.04. The van der Waals surface area contributed by atoms with E-state index >= 15 is 0 Å². The molecule has 0 aliphatic heterocycles. The Morgan fingerprint density at radius 2 is 1.88 bits per heavy atom. The number of aromatic nitrogens is 1. The molecule has 0 unspecified atom stereocenters. The molecule has 0 spiro atoms. The Hall–Kier alpha value is -2.94. The minimum atomic E-state index is -0.703. The quantitative estimate of drug-likeness (QED) is 0.706. The first-order valence-corrected chi connectivity index (χ1v) is 8.15. The molecule has 0 atom stereocenters. The number of likely N-dealkylation sites (N-methyl/N-ethyl adjacent to an activating group) is 1. The number of thiazole rings is 1. The Morgan fingerprint density at radius 1 is 1.16 bits per heavy atom. The van der Waals surface area contributed by atoms with E-state index < -0.39 is 18.5 Å². The van der Waals surface area contributed by atoms with E-state index in [1.807, 2.05) is 12.1 Å². The van der Waals surface area contributed by atoms with Crippen molar-refractivity contribution < 1.29 is 23.9 Å². The van der Waals surface area contributed by atoms with Crippen LogP contribution in [0.5, 0.6) is 5.75 Å². The number of nitrogens with one attached hydrogen (secondary N) is 2. The van der Waals surface area contributed by atoms with E-state index in [-0.39, 0.29) is 18.1 Å². The molecule has 2 N–H and O–H groups in total. The van der Waals surface area contributed by atoms with Crippen LogP contribution < -0.4 is 15.4 Å². The van der Waals surface area contributed by atoms with Crippen LogP contribution in [-0.2, 0) is 14.3 Å². The van der Waals surface area contributed by atoms with Crippen LogP contribution in [-0.4, -0.2) is 50.1 Å². The number of hydrogen-bond donors (Lipinski definition) is 2. The van der Waals surface area contributed by atoms with Gasteiger partial charge in [0.2, 0.25) is 5.91 Å². The van der Waals surface area contributed by atoms with Crippen molar-refractivity contribution in [2.75, 3.05) is 27.3 Å². The highest BCUT2D eigenvalue weighted by molar-refractivity contribution is 7.13. The second-order valence-electron chi connectivity index (χ2n) is 4.79. The van der Waals surface area contributed by atoms with Crippen molar-refractivity contribution in [3.8, 4) is 16.3 Å². The van der Waals surface area contributed by atoms with Gasteiger partial charge in [-0.25, -0.2) is 9.78 Å². The van der Waals surface area contributed by atoms with E-state index in [1.54, 1.807) is 24.6 Å². The summed E-state index contributed by atoms with van der Waals surface area (Å²) in [6.07, 6.45) is 0. The smallest absolute Gasteiger partial charge is 0.358 e. The largest absolute Gasteiger partial charge is 0.497 e. The summed E-state index contributed by atoms with van der Waals surface area (Å²) in [4.78, 5) is 38.6. The van der Waals surface area contributed by atoms with Gasteiger partial charge >= 0.3 is 5.97 Å². The van der Waals surface area contributed by atoms with Gasteiger partial charge in [0.05, 0.1) is 13.7 Å². The second kappa shape index (κ2) is 8.78. The molecule has 0 aliphatic carbocycles. The summed E-state index contributed by atoms with van der Waals surface area (Å²) in [5, 5.41) is 6.89. The molecule has 2 aromatic rings. The van der Waals surface area contributed by atoms with Crippen molar-refractivity contribution in [3.05, 3.63) is 35.3 Å². The van der Waals surface area contributed by atoms with Gasteiger partial charge in [-0.3, -0.25) is 9.59 Å². The summed E-state index contributed by atoms with van der Waals surface area (Å²) in [6, 6.07) is 7.26. The summed E-state index contributed by atoms with van der Waals surface area (Å²) in [5.74, 6) is -0.889. The molecule has 1 aromatic heterocycles. The fourth-order valence-electron chi connectivity index (χ4n) is 1.76. The molecule has 0 saturated carbocycles. The molecule has 1 aromatic carbocycles. The van der Waals surface area contributed by atoms with Gasteiger partial charge in [-0.1, -0.05) is 0 Å². The summed E-state index contributed by atoms with van der Waals surface area (Å²) in [7, 11) is 3.04. The molecule has 0 bridgehead atoms. The third-order valence-corrected chi connectivity index (χ3v) is 4.00. The van der Waals surface area contributed by atoms with Crippen molar-refractivity contribution in [1.29, 1.82) is 0 Å². The highest BCUT2D eigenvalue weighted by Gasteiger charge is 2.15. The Morgan fingerprint density at radius 3 is 2.52 bits per heavy atom. The number of amides is 2. The van der Waals surface area contributed by atoms with Crippen LogP contribution in [0.15, 0.2) is 29.6 Å². The zero-order valence-corrected chi connectivity index (χ0v) is 14.5. The average Bonchev–Trinajstić information content (AvgIpc) is 3.14. The van der Waals surface area contributed by atoms with Gasteiger partial charge in [-0.15, -0.1) is 11.3 Å². The number of esters is 1. The normalized spacial score (nSPS) is 10.0. The molecule has 9 heteroatoms. The summed E-state index contributed by atoms with van der Waals surface area (Å²) < 4.78 is 9.97. The highest BCUT2D eigenvalue weighted by atomic mass is 32.1. The molecular formula is C16H17N3O5S. The van der Waals surface area contributed by atoms with E-state index in [0.29, 0.717) is 5.01 Å². The minimum Gasteiger partial charge on any atom is -0.497 e. The van der Waals surface area contributed by atoms with Crippen LogP contribution in [0.1, 0.15) is 10.5 Å². The Labute approximate surface area is 148 Å². The Bertz CT molecular complexity index is 757. The summed E-state index contributed by atoms with van der Waals surface area (Å²) >= 11 is 1.29. The number of rotatable bonds is 7. The van der Waals surface area contributed by atoms with Gasteiger partial charge in [-0.2, -0.15) is 0 Å². The number of carbonyl (C=O) groups is 3. The molecule has 0 radical (unpaired) electrons. The van der Waals surface area contributed by atoms with Crippen molar-refractivity contribution in [3.63, 3.8) is 0 Å². The molecule has 132 valence electrons. The highest BCUT2D eigenvalue weighted by Crippen LogP contribution is 2.25. The summed E-state index contributed by atoms with van der Waals surface area (Å²) in [5.41, 5.74) is 0.961. The molecule has 2 amide bonds. The Kier molecular flexibility index (Phi) is 6.47. The van der Waals surface area contributed by atoms with Gasteiger partial charge in [0.15, 0.2) is 12.3 Å². The van der Waals surface area contributed by atoms with Gasteiger partial charge in [0.1, 0.15) is 10.8 Å². The fourth-order valence-corrected chi connectivity index (χ4v) is 2.55. The van der Waals surface area contributed by atoms with Crippen LogP contribution in [0.2, 0.25) is 0 Å². The van der Waals surface area contributed by atoms with Gasteiger partial charge in [0, 0.05) is 18.0 Å². The topological polar surface area (TPSA) is 107 Å². The van der Waals surface area contributed by atoms with E-state index in [4.69, 9.17) is 9.47 Å². The maximum atomic E-state index is 11.9. The first-order chi connectivity index (χ1) is 12.0. The lowest BCUT2D eigenvalue weighted by molar-refractivity contribution is -0.127. The minimum absolute atomic E-state index is 0.120. The number of methoxy groups -OCH3 is 1. The number of carbonyl (C=O) groups excluding carboxylic acids is 3. The van der Waals surface area contributed by atoms with Gasteiger partial charge < -0.3 is 20.1 Å². The maximum Gasteiger partial charge on any atom is 0.358 e. The predicted molar refractivity (Wildman–Crippen MR) is 91.5 cm³/mol.